The number of thiophene rings is 1. The normalized spacial score (nSPS) is 27.7. The van der Waals surface area contributed by atoms with Crippen LogP contribution in [0.1, 0.15) is 48.0 Å². The molecule has 0 spiro atoms. The maximum absolute atomic E-state index is 13.7. The number of nitrogens with zero attached hydrogens (tertiary/aromatic N) is 2. The van der Waals surface area contributed by atoms with E-state index < -0.39 is 17.9 Å². The average molecular weight is 435 g/mol. The molecule has 2 fully saturated rings. The lowest BCUT2D eigenvalue weighted by molar-refractivity contribution is -0.142. The monoisotopic (exact) mass is 434 g/mol. The Kier molecular flexibility index (Phi) is 4.66. The molecule has 5 atom stereocenters. The molecule has 2 saturated heterocycles. The second-order valence-corrected chi connectivity index (χ2v) is 9.86. The molecule has 31 heavy (non-hydrogen) atoms. The highest BCUT2D eigenvalue weighted by Gasteiger charge is 2.64. The lowest BCUT2D eigenvalue weighted by Crippen LogP contribution is -2.50. The van der Waals surface area contributed by atoms with Crippen molar-refractivity contribution >= 4 is 40.2 Å². The van der Waals surface area contributed by atoms with Crippen LogP contribution in [0.4, 0.5) is 5.69 Å². The molecule has 3 aliphatic rings. The number of Topliss-reactive ketones (excluding diaryl/α,β-unsaturated/α-hetero) is 1. The molecule has 2 amide bonds. The number of benzene rings is 1. The van der Waals surface area contributed by atoms with E-state index in [0.29, 0.717) is 11.3 Å². The van der Waals surface area contributed by atoms with Gasteiger partial charge < -0.3 is 4.90 Å². The first-order chi connectivity index (χ1) is 14.8. The van der Waals surface area contributed by atoms with Crippen LogP contribution in [0.25, 0.3) is 5.57 Å². The molecule has 1 aromatic heterocycles. The van der Waals surface area contributed by atoms with Crippen LogP contribution < -0.4 is 4.90 Å². The molecule has 5 rings (SSSR count). The minimum Gasteiger partial charge on any atom is -0.352 e. The summed E-state index contributed by atoms with van der Waals surface area (Å²) >= 11 is 1.39. The summed E-state index contributed by atoms with van der Waals surface area (Å²) in [6, 6.07) is 8.71. The molecule has 1 aromatic carbocycles. The lowest BCUT2D eigenvalue weighted by atomic mass is 9.86. The largest absolute Gasteiger partial charge is 0.352 e. The number of fused-ring (bicyclic) bond motifs is 5. The van der Waals surface area contributed by atoms with Crippen LogP contribution in [0.15, 0.2) is 41.8 Å². The van der Waals surface area contributed by atoms with Crippen LogP contribution in [-0.2, 0) is 9.59 Å². The van der Waals surface area contributed by atoms with Gasteiger partial charge in [0.25, 0.3) is 0 Å². The lowest BCUT2D eigenvalue weighted by Gasteiger charge is -2.38. The molecule has 160 valence electrons. The van der Waals surface area contributed by atoms with Crippen molar-refractivity contribution in [2.75, 3.05) is 4.90 Å². The SMILES string of the molecule is CC[C@H](C)N1C(=O)[C@@H]2[C@H](C1=O)[C@H](C(=O)c1cccs1)N1c3ccc(C)cc3C(C)=C[C@H]21. The van der Waals surface area contributed by atoms with Gasteiger partial charge in [0, 0.05) is 17.3 Å². The quantitative estimate of drug-likeness (QED) is 0.531. The van der Waals surface area contributed by atoms with Gasteiger partial charge in [0.1, 0.15) is 6.04 Å². The van der Waals surface area contributed by atoms with E-state index >= 15 is 0 Å². The second-order valence-electron chi connectivity index (χ2n) is 8.91. The van der Waals surface area contributed by atoms with Gasteiger partial charge in [0.05, 0.1) is 22.8 Å². The molecule has 0 N–H and O–H groups in total. The Hall–Kier alpha value is -2.73. The molecule has 0 unspecified atom stereocenters. The number of amides is 2. The molecule has 3 aliphatic heterocycles. The molecular weight excluding hydrogens is 408 g/mol. The number of ketones is 1. The molecule has 0 bridgehead atoms. The van der Waals surface area contributed by atoms with E-state index in [2.05, 4.69) is 17.0 Å². The van der Waals surface area contributed by atoms with Crippen LogP contribution >= 0.6 is 11.3 Å². The zero-order chi connectivity index (χ0) is 22.0. The first-order valence-electron chi connectivity index (χ1n) is 10.9. The summed E-state index contributed by atoms with van der Waals surface area (Å²) in [5.41, 5.74) is 4.24. The fourth-order valence-corrected chi connectivity index (χ4v) is 6.16. The van der Waals surface area contributed by atoms with Crippen LogP contribution in [0, 0.1) is 18.8 Å². The summed E-state index contributed by atoms with van der Waals surface area (Å²) in [6.07, 6.45) is 2.79. The smallest absolute Gasteiger partial charge is 0.236 e. The van der Waals surface area contributed by atoms with Gasteiger partial charge in [0.15, 0.2) is 5.78 Å². The van der Waals surface area contributed by atoms with Crippen LogP contribution in [0.5, 0.6) is 0 Å². The number of hydrogen-bond donors (Lipinski definition) is 0. The fourth-order valence-electron chi connectivity index (χ4n) is 5.46. The molecule has 2 aromatic rings. The maximum atomic E-state index is 13.7. The number of allylic oxidation sites excluding steroid dienone is 1. The molecule has 5 nitrogen and oxygen atoms in total. The fraction of sp³-hybridized carbons (Fsp3) is 0.400. The van der Waals surface area contributed by atoms with Gasteiger partial charge in [-0.1, -0.05) is 30.7 Å². The summed E-state index contributed by atoms with van der Waals surface area (Å²) in [5.74, 6) is -1.59. The van der Waals surface area contributed by atoms with E-state index in [1.165, 1.54) is 16.2 Å². The number of rotatable bonds is 4. The van der Waals surface area contributed by atoms with Gasteiger partial charge >= 0.3 is 0 Å². The van der Waals surface area contributed by atoms with Crippen LogP contribution in [0.3, 0.4) is 0 Å². The molecule has 0 saturated carbocycles. The van der Waals surface area contributed by atoms with Gasteiger partial charge in [-0.25, -0.2) is 0 Å². The van der Waals surface area contributed by atoms with Gasteiger partial charge in [-0.2, -0.15) is 0 Å². The zero-order valence-corrected chi connectivity index (χ0v) is 19.0. The van der Waals surface area contributed by atoms with E-state index in [1.54, 1.807) is 0 Å². The van der Waals surface area contributed by atoms with Crippen LogP contribution in [0.2, 0.25) is 0 Å². The summed E-state index contributed by atoms with van der Waals surface area (Å²) in [5, 5.41) is 1.88. The Bertz CT molecular complexity index is 1120. The highest BCUT2D eigenvalue weighted by molar-refractivity contribution is 7.12. The Morgan fingerprint density at radius 3 is 2.55 bits per heavy atom. The first kappa shape index (κ1) is 20.2. The van der Waals surface area contributed by atoms with Crippen molar-refractivity contribution in [1.29, 1.82) is 0 Å². The number of carbonyl (C=O) groups excluding carboxylic acids is 3. The number of anilines is 1. The summed E-state index contributed by atoms with van der Waals surface area (Å²) in [7, 11) is 0. The highest BCUT2D eigenvalue weighted by atomic mass is 32.1. The van der Waals surface area contributed by atoms with Crippen molar-refractivity contribution in [3.63, 3.8) is 0 Å². The Morgan fingerprint density at radius 2 is 1.87 bits per heavy atom. The van der Waals surface area contributed by atoms with E-state index in [0.717, 1.165) is 22.4 Å². The number of imide groups is 1. The second kappa shape index (κ2) is 7.16. The maximum Gasteiger partial charge on any atom is 0.236 e. The minimum atomic E-state index is -0.676. The van der Waals surface area contributed by atoms with E-state index in [1.807, 2.05) is 57.3 Å². The van der Waals surface area contributed by atoms with E-state index in [4.69, 9.17) is 0 Å². The molecule has 0 aliphatic carbocycles. The number of likely N-dealkylation sites (tertiary alicyclic amines) is 1. The average Bonchev–Trinajstić information content (AvgIpc) is 3.44. The number of hydrogen-bond acceptors (Lipinski definition) is 5. The number of carbonyl (C=O) groups is 3. The predicted molar refractivity (Wildman–Crippen MR) is 122 cm³/mol. The Labute approximate surface area is 186 Å². The van der Waals surface area contributed by atoms with Crippen molar-refractivity contribution in [3.8, 4) is 0 Å². The van der Waals surface area contributed by atoms with Crippen molar-refractivity contribution in [2.45, 2.75) is 52.2 Å². The van der Waals surface area contributed by atoms with Crippen LogP contribution in [-0.4, -0.2) is 40.6 Å². The molecular formula is C25H26N2O3S. The Balaban J connectivity index is 1.69. The topological polar surface area (TPSA) is 57.7 Å². The van der Waals surface area contributed by atoms with E-state index in [9.17, 15) is 14.4 Å². The van der Waals surface area contributed by atoms with Gasteiger partial charge in [-0.05, 0) is 56.3 Å². The zero-order valence-electron chi connectivity index (χ0n) is 18.2. The predicted octanol–water partition coefficient (Wildman–Crippen LogP) is 4.31. The summed E-state index contributed by atoms with van der Waals surface area (Å²) in [6.45, 7) is 7.98. The van der Waals surface area contributed by atoms with Crippen molar-refractivity contribution in [3.05, 3.63) is 57.8 Å². The van der Waals surface area contributed by atoms with Gasteiger partial charge in [0.2, 0.25) is 11.8 Å². The van der Waals surface area contributed by atoms with Crippen molar-refractivity contribution in [1.82, 2.24) is 4.90 Å². The Morgan fingerprint density at radius 1 is 1.13 bits per heavy atom. The third-order valence-corrected chi connectivity index (χ3v) is 7.99. The van der Waals surface area contributed by atoms with Gasteiger partial charge in [-0.3, -0.25) is 19.3 Å². The summed E-state index contributed by atoms with van der Waals surface area (Å²) in [4.78, 5) is 44.9. The van der Waals surface area contributed by atoms with E-state index in [-0.39, 0.29) is 29.7 Å². The minimum absolute atomic E-state index is 0.0703. The molecule has 6 heteroatoms. The molecule has 4 heterocycles. The van der Waals surface area contributed by atoms with Crippen molar-refractivity contribution < 1.29 is 14.4 Å². The number of aryl methyl sites for hydroxylation is 1. The standard InChI is InChI=1S/C25H26N2O3S/c1-5-15(4)26-24(29)20-18-12-14(3)16-11-13(2)8-9-17(16)27(18)22(21(20)25(26)30)23(28)19-7-6-10-31-19/h6-12,15,18,20-22H,5H2,1-4H3/t15-,18+,20-,21-,22+/m0/s1. The third-order valence-electron chi connectivity index (χ3n) is 7.10. The van der Waals surface area contributed by atoms with Gasteiger partial charge in [-0.15, -0.1) is 11.3 Å². The van der Waals surface area contributed by atoms with Crippen molar-refractivity contribution in [2.24, 2.45) is 11.8 Å². The highest BCUT2D eigenvalue weighted by Crippen LogP contribution is 2.51. The third kappa shape index (κ3) is 2.77. The summed E-state index contributed by atoms with van der Waals surface area (Å²) < 4.78 is 0. The molecule has 0 radical (unpaired) electrons. The first-order valence-corrected chi connectivity index (χ1v) is 11.8.